The average molecular weight is 267 g/mol. The molecule has 1 aromatic heterocycles. The average Bonchev–Trinajstić information content (AvgIpc) is 2.83. The van der Waals surface area contributed by atoms with Crippen LogP contribution in [-0.4, -0.2) is 28.5 Å². The smallest absolute Gasteiger partial charge is 0.239 e. The molecule has 1 amide bonds. The molecule has 0 spiro atoms. The first kappa shape index (κ1) is 11.7. The molecule has 1 aliphatic carbocycles. The van der Waals surface area contributed by atoms with Crippen molar-refractivity contribution in [2.45, 2.75) is 38.3 Å². The fourth-order valence-electron chi connectivity index (χ4n) is 2.75. The van der Waals surface area contributed by atoms with E-state index in [1.54, 1.807) is 6.20 Å². The second-order valence-electron chi connectivity index (χ2n) is 4.83. The van der Waals surface area contributed by atoms with E-state index in [-0.39, 0.29) is 11.2 Å². The minimum Gasteiger partial charge on any atom is -0.350 e. The third-order valence-electron chi connectivity index (χ3n) is 3.64. The number of amides is 1. The number of anilines is 1. The van der Waals surface area contributed by atoms with Crippen LogP contribution in [0.25, 0.3) is 0 Å². The summed E-state index contributed by atoms with van der Waals surface area (Å²) in [6.07, 6.45) is 6.38. The van der Waals surface area contributed by atoms with E-state index < -0.39 is 0 Å². The highest BCUT2D eigenvalue weighted by molar-refractivity contribution is 6.28. The second kappa shape index (κ2) is 4.72. The SMILES string of the molecule is O=C1CN(C2CCCC2)c2nc(Cl)ncc2CN1. The number of nitrogens with zero attached hydrogens (tertiary/aromatic N) is 3. The van der Waals surface area contributed by atoms with Crippen molar-refractivity contribution < 1.29 is 4.79 Å². The maximum atomic E-state index is 11.8. The molecule has 3 rings (SSSR count). The van der Waals surface area contributed by atoms with E-state index in [1.165, 1.54) is 12.8 Å². The molecule has 2 aliphatic rings. The van der Waals surface area contributed by atoms with Gasteiger partial charge in [-0.15, -0.1) is 0 Å². The molecule has 0 unspecified atom stereocenters. The minimum absolute atomic E-state index is 0.0380. The molecule has 0 aromatic carbocycles. The largest absolute Gasteiger partial charge is 0.350 e. The number of rotatable bonds is 1. The Kier molecular flexibility index (Phi) is 3.07. The van der Waals surface area contributed by atoms with E-state index in [9.17, 15) is 4.79 Å². The first-order valence-electron chi connectivity index (χ1n) is 6.29. The normalized spacial score (nSPS) is 20.5. The van der Waals surface area contributed by atoms with E-state index in [4.69, 9.17) is 11.6 Å². The summed E-state index contributed by atoms with van der Waals surface area (Å²) in [4.78, 5) is 22.2. The molecule has 1 fully saturated rings. The van der Waals surface area contributed by atoms with Crippen LogP contribution in [0.2, 0.25) is 5.28 Å². The van der Waals surface area contributed by atoms with Gasteiger partial charge in [-0.05, 0) is 24.4 Å². The Labute approximate surface area is 111 Å². The van der Waals surface area contributed by atoms with Crippen LogP contribution in [0, 0.1) is 0 Å². The van der Waals surface area contributed by atoms with Gasteiger partial charge in [0.25, 0.3) is 0 Å². The quantitative estimate of drug-likeness (QED) is 0.783. The summed E-state index contributed by atoms with van der Waals surface area (Å²) in [5, 5.41) is 3.11. The highest BCUT2D eigenvalue weighted by Crippen LogP contribution is 2.30. The summed E-state index contributed by atoms with van der Waals surface area (Å²) in [5.74, 6) is 0.858. The Balaban J connectivity index is 2.00. The fourth-order valence-corrected chi connectivity index (χ4v) is 2.88. The van der Waals surface area contributed by atoms with Gasteiger partial charge in [-0.2, -0.15) is 0 Å². The number of nitrogens with one attached hydrogen (secondary N) is 1. The van der Waals surface area contributed by atoms with Crippen LogP contribution in [0.3, 0.4) is 0 Å². The highest BCUT2D eigenvalue weighted by Gasteiger charge is 2.29. The van der Waals surface area contributed by atoms with Gasteiger partial charge in [-0.3, -0.25) is 4.79 Å². The lowest BCUT2D eigenvalue weighted by atomic mass is 10.2. The predicted molar refractivity (Wildman–Crippen MR) is 68.5 cm³/mol. The number of carbonyl (C=O) groups is 1. The molecule has 1 saturated carbocycles. The Hall–Kier alpha value is -1.36. The summed E-state index contributed by atoms with van der Waals surface area (Å²) < 4.78 is 0. The van der Waals surface area contributed by atoms with Crippen molar-refractivity contribution in [1.29, 1.82) is 0 Å². The van der Waals surface area contributed by atoms with Gasteiger partial charge in [0, 0.05) is 24.3 Å². The van der Waals surface area contributed by atoms with Crippen LogP contribution in [-0.2, 0) is 11.3 Å². The van der Waals surface area contributed by atoms with E-state index >= 15 is 0 Å². The van der Waals surface area contributed by atoms with Crippen LogP contribution in [0.1, 0.15) is 31.2 Å². The lowest BCUT2D eigenvalue weighted by Crippen LogP contribution is -2.40. The van der Waals surface area contributed by atoms with Crippen molar-refractivity contribution in [2.75, 3.05) is 11.4 Å². The Bertz CT molecular complexity index is 473. The zero-order valence-electron chi connectivity index (χ0n) is 10.0. The van der Waals surface area contributed by atoms with Gasteiger partial charge >= 0.3 is 0 Å². The maximum Gasteiger partial charge on any atom is 0.239 e. The van der Waals surface area contributed by atoms with Crippen LogP contribution in [0.5, 0.6) is 0 Å². The van der Waals surface area contributed by atoms with Crippen LogP contribution in [0.15, 0.2) is 6.20 Å². The standard InChI is InChI=1S/C12H15ClN4O/c13-12-15-6-8-5-14-10(18)7-17(11(8)16-12)9-3-1-2-4-9/h6,9H,1-5,7H2,(H,14,18). The van der Waals surface area contributed by atoms with Crippen molar-refractivity contribution in [1.82, 2.24) is 15.3 Å². The summed E-state index contributed by atoms with van der Waals surface area (Å²) in [7, 11) is 0. The molecule has 1 N–H and O–H groups in total. The van der Waals surface area contributed by atoms with Crippen LogP contribution >= 0.6 is 11.6 Å². The number of fused-ring (bicyclic) bond motifs is 1. The number of carbonyl (C=O) groups excluding carboxylic acids is 1. The Morgan fingerprint density at radius 3 is 2.94 bits per heavy atom. The third kappa shape index (κ3) is 2.14. The van der Waals surface area contributed by atoms with Crippen molar-refractivity contribution in [3.8, 4) is 0 Å². The van der Waals surface area contributed by atoms with E-state index in [0.717, 1.165) is 24.2 Å². The minimum atomic E-state index is 0.0380. The molecule has 0 saturated heterocycles. The summed E-state index contributed by atoms with van der Waals surface area (Å²) in [5.41, 5.74) is 0.942. The molecule has 18 heavy (non-hydrogen) atoms. The fraction of sp³-hybridized carbons (Fsp3) is 0.583. The van der Waals surface area contributed by atoms with Gasteiger partial charge in [-0.25, -0.2) is 9.97 Å². The first-order valence-corrected chi connectivity index (χ1v) is 6.66. The van der Waals surface area contributed by atoms with Gasteiger partial charge in [0.15, 0.2) is 0 Å². The number of hydrogen-bond donors (Lipinski definition) is 1. The van der Waals surface area contributed by atoms with E-state index in [2.05, 4.69) is 20.2 Å². The number of aromatic nitrogens is 2. The van der Waals surface area contributed by atoms with E-state index in [1.807, 2.05) is 0 Å². The molecular formula is C12H15ClN4O. The van der Waals surface area contributed by atoms with E-state index in [0.29, 0.717) is 19.1 Å². The molecule has 1 aromatic rings. The molecule has 6 heteroatoms. The molecular weight excluding hydrogens is 252 g/mol. The first-order chi connectivity index (χ1) is 8.74. The molecule has 2 heterocycles. The van der Waals surface area contributed by atoms with Crippen LogP contribution in [0.4, 0.5) is 5.82 Å². The number of hydrogen-bond acceptors (Lipinski definition) is 4. The summed E-state index contributed by atoms with van der Waals surface area (Å²) >= 11 is 5.88. The molecule has 5 nitrogen and oxygen atoms in total. The van der Waals surface area contributed by atoms with Gasteiger partial charge in [0.1, 0.15) is 5.82 Å². The molecule has 0 radical (unpaired) electrons. The van der Waals surface area contributed by atoms with Gasteiger partial charge in [-0.1, -0.05) is 12.8 Å². The van der Waals surface area contributed by atoms with Gasteiger partial charge in [0.2, 0.25) is 11.2 Å². The predicted octanol–water partition coefficient (Wildman–Crippen LogP) is 1.51. The zero-order chi connectivity index (χ0) is 12.5. The maximum absolute atomic E-state index is 11.8. The lowest BCUT2D eigenvalue weighted by molar-refractivity contribution is -0.119. The Morgan fingerprint density at radius 2 is 2.17 bits per heavy atom. The van der Waals surface area contributed by atoms with Gasteiger partial charge < -0.3 is 10.2 Å². The van der Waals surface area contributed by atoms with Crippen molar-refractivity contribution in [3.05, 3.63) is 17.0 Å². The molecule has 1 aliphatic heterocycles. The molecule has 96 valence electrons. The molecule has 0 bridgehead atoms. The third-order valence-corrected chi connectivity index (χ3v) is 3.82. The summed E-state index contributed by atoms with van der Waals surface area (Å²) in [6, 6.07) is 0.401. The second-order valence-corrected chi connectivity index (χ2v) is 5.17. The number of halogens is 1. The van der Waals surface area contributed by atoms with Gasteiger partial charge in [0.05, 0.1) is 6.54 Å². The molecule has 0 atom stereocenters. The lowest BCUT2D eigenvalue weighted by Gasteiger charge is -2.28. The monoisotopic (exact) mass is 266 g/mol. The van der Waals surface area contributed by atoms with Crippen LogP contribution < -0.4 is 10.2 Å². The summed E-state index contributed by atoms with van der Waals surface area (Å²) in [6.45, 7) is 0.847. The Morgan fingerprint density at radius 1 is 1.39 bits per heavy atom. The van der Waals surface area contributed by atoms with Crippen molar-refractivity contribution >= 4 is 23.3 Å². The van der Waals surface area contributed by atoms with Crippen molar-refractivity contribution in [3.63, 3.8) is 0 Å². The zero-order valence-corrected chi connectivity index (χ0v) is 10.8. The highest BCUT2D eigenvalue weighted by atomic mass is 35.5. The topological polar surface area (TPSA) is 58.1 Å². The van der Waals surface area contributed by atoms with Crippen molar-refractivity contribution in [2.24, 2.45) is 0 Å².